The van der Waals surface area contributed by atoms with Gasteiger partial charge in [-0.25, -0.2) is 0 Å². The van der Waals surface area contributed by atoms with Crippen LogP contribution >= 0.6 is 24.0 Å². The van der Waals surface area contributed by atoms with Gasteiger partial charge in [0.15, 0.2) is 0 Å². The average molecular weight is 173 g/mol. The van der Waals surface area contributed by atoms with Crippen molar-refractivity contribution < 1.29 is 0 Å². The molecule has 0 bridgehead atoms. The number of nitrogens with one attached hydrogen (secondary N) is 1. The van der Waals surface area contributed by atoms with Gasteiger partial charge in [-0.1, -0.05) is 18.3 Å². The summed E-state index contributed by atoms with van der Waals surface area (Å²) >= 11 is 6.51. The van der Waals surface area contributed by atoms with Crippen LogP contribution in [-0.4, -0.2) is 17.5 Å². The Balaban J connectivity index is 0.000000236. The van der Waals surface area contributed by atoms with Crippen molar-refractivity contribution >= 4 is 24.0 Å². The molecule has 0 radical (unpaired) electrons. The summed E-state index contributed by atoms with van der Waals surface area (Å²) in [6, 6.07) is 5.64. The lowest BCUT2D eigenvalue weighted by Crippen LogP contribution is -1.64. The summed E-state index contributed by atoms with van der Waals surface area (Å²) in [5, 5.41) is 0. The molecule has 0 aromatic carbocycles. The van der Waals surface area contributed by atoms with Gasteiger partial charge in [-0.05, 0) is 24.6 Å². The van der Waals surface area contributed by atoms with Crippen LogP contribution in [0.25, 0.3) is 0 Å². The second kappa shape index (κ2) is 6.83. The molecule has 0 aliphatic carbocycles. The number of aromatic nitrogens is 1. The summed E-state index contributed by atoms with van der Waals surface area (Å²) in [4.78, 5) is 2.85. The number of thioether (sulfide) groups is 1. The number of H-pyrrole nitrogens is 1. The first kappa shape index (κ1) is 9.72. The van der Waals surface area contributed by atoms with E-state index in [9.17, 15) is 0 Å². The monoisotopic (exact) mass is 173 g/mol. The highest BCUT2D eigenvalue weighted by Gasteiger charge is 1.65. The molecule has 0 unspecified atom stereocenters. The molecule has 1 aromatic rings. The van der Waals surface area contributed by atoms with Crippen molar-refractivity contribution in [1.82, 2.24) is 4.98 Å². The van der Waals surface area contributed by atoms with E-state index in [0.717, 1.165) is 4.64 Å². The standard InChI is InChI=1S/C5H5NS.C2H6S/c7-5-3-1-2-4-6-5;1-3-2/h1-4H,(H,6,7);1-2H3. The zero-order chi connectivity index (χ0) is 7.82. The fourth-order valence-electron chi connectivity index (χ4n) is 0.377. The molecule has 1 aromatic heterocycles. The number of hydrogen-bond donors (Lipinski definition) is 1. The van der Waals surface area contributed by atoms with Crippen LogP contribution in [0.15, 0.2) is 24.4 Å². The highest BCUT2D eigenvalue weighted by Crippen LogP contribution is 1.80. The molecule has 0 aliphatic rings. The maximum absolute atomic E-state index is 4.76. The lowest BCUT2D eigenvalue weighted by molar-refractivity contribution is 1.30. The zero-order valence-electron chi connectivity index (χ0n) is 6.13. The Morgan fingerprint density at radius 1 is 1.40 bits per heavy atom. The molecule has 0 saturated carbocycles. The smallest absolute Gasteiger partial charge is 0.103 e. The maximum atomic E-state index is 4.76. The van der Waals surface area contributed by atoms with Crippen LogP contribution in [0.5, 0.6) is 0 Å². The van der Waals surface area contributed by atoms with Gasteiger partial charge >= 0.3 is 0 Å². The Morgan fingerprint density at radius 3 is 2.20 bits per heavy atom. The second-order valence-electron chi connectivity index (χ2n) is 1.64. The predicted molar refractivity (Wildman–Crippen MR) is 51.1 cm³/mol. The van der Waals surface area contributed by atoms with E-state index in [2.05, 4.69) is 4.98 Å². The summed E-state index contributed by atoms with van der Waals surface area (Å²) in [6.45, 7) is 0. The first-order valence-corrected chi connectivity index (χ1v) is 4.89. The minimum absolute atomic E-state index is 0.780. The first-order chi connectivity index (χ1) is 4.81. The van der Waals surface area contributed by atoms with Gasteiger partial charge in [0.1, 0.15) is 4.64 Å². The topological polar surface area (TPSA) is 15.8 Å². The van der Waals surface area contributed by atoms with Crippen molar-refractivity contribution in [3.05, 3.63) is 29.0 Å². The molecule has 0 amide bonds. The van der Waals surface area contributed by atoms with Crippen LogP contribution in [-0.2, 0) is 0 Å². The van der Waals surface area contributed by atoms with E-state index in [4.69, 9.17) is 12.2 Å². The molecule has 1 rings (SSSR count). The van der Waals surface area contributed by atoms with Crippen molar-refractivity contribution in [2.45, 2.75) is 0 Å². The van der Waals surface area contributed by atoms with E-state index < -0.39 is 0 Å². The molecule has 10 heavy (non-hydrogen) atoms. The molecule has 1 N–H and O–H groups in total. The fourth-order valence-corrected chi connectivity index (χ4v) is 0.523. The molecule has 1 nitrogen and oxygen atoms in total. The summed E-state index contributed by atoms with van der Waals surface area (Å²) in [7, 11) is 0. The third-order valence-corrected chi connectivity index (χ3v) is 0.934. The van der Waals surface area contributed by atoms with Gasteiger partial charge in [0.25, 0.3) is 0 Å². The zero-order valence-corrected chi connectivity index (χ0v) is 7.76. The minimum Gasteiger partial charge on any atom is -0.353 e. The highest BCUT2D eigenvalue weighted by atomic mass is 32.2. The van der Waals surface area contributed by atoms with E-state index in [0.29, 0.717) is 0 Å². The van der Waals surface area contributed by atoms with Gasteiger partial charge in [0, 0.05) is 6.20 Å². The van der Waals surface area contributed by atoms with Crippen molar-refractivity contribution in [2.75, 3.05) is 12.5 Å². The second-order valence-corrected chi connectivity index (χ2v) is 2.89. The first-order valence-electron chi connectivity index (χ1n) is 2.85. The molecule has 0 fully saturated rings. The van der Waals surface area contributed by atoms with Crippen LogP contribution in [0, 0.1) is 4.64 Å². The molecule has 0 aliphatic heterocycles. The van der Waals surface area contributed by atoms with Gasteiger partial charge in [0.2, 0.25) is 0 Å². The number of aromatic amines is 1. The Bertz CT molecular complexity index is 189. The lowest BCUT2D eigenvalue weighted by atomic mass is 10.5. The molecule has 3 heteroatoms. The molecule has 56 valence electrons. The van der Waals surface area contributed by atoms with Crippen molar-refractivity contribution in [3.63, 3.8) is 0 Å². The number of hydrogen-bond acceptors (Lipinski definition) is 2. The van der Waals surface area contributed by atoms with E-state index in [1.54, 1.807) is 11.8 Å². The maximum Gasteiger partial charge on any atom is 0.103 e. The van der Waals surface area contributed by atoms with Crippen molar-refractivity contribution in [1.29, 1.82) is 0 Å². The minimum atomic E-state index is 0.780. The number of rotatable bonds is 0. The Labute approximate surface area is 70.9 Å². The van der Waals surface area contributed by atoms with E-state index in [1.165, 1.54) is 0 Å². The Hall–Kier alpha value is -0.280. The third kappa shape index (κ3) is 5.85. The van der Waals surface area contributed by atoms with Crippen LogP contribution < -0.4 is 0 Å². The van der Waals surface area contributed by atoms with Crippen LogP contribution in [0.3, 0.4) is 0 Å². The number of pyridine rings is 1. The Morgan fingerprint density at radius 2 is 2.00 bits per heavy atom. The van der Waals surface area contributed by atoms with Crippen LogP contribution in [0.1, 0.15) is 0 Å². The quantitative estimate of drug-likeness (QED) is 0.607. The molecular weight excluding hydrogens is 162 g/mol. The predicted octanol–water partition coefficient (Wildman–Crippen LogP) is 2.72. The van der Waals surface area contributed by atoms with Crippen molar-refractivity contribution in [2.24, 2.45) is 0 Å². The summed E-state index contributed by atoms with van der Waals surface area (Å²) in [6.07, 6.45) is 5.89. The van der Waals surface area contributed by atoms with Gasteiger partial charge < -0.3 is 4.98 Å². The van der Waals surface area contributed by atoms with E-state index in [-0.39, 0.29) is 0 Å². The van der Waals surface area contributed by atoms with Crippen molar-refractivity contribution in [3.8, 4) is 0 Å². The fraction of sp³-hybridized carbons (Fsp3) is 0.286. The van der Waals surface area contributed by atoms with Gasteiger partial charge in [-0.3, -0.25) is 0 Å². The molecule has 0 spiro atoms. The van der Waals surface area contributed by atoms with E-state index >= 15 is 0 Å². The SMILES string of the molecule is CSC.S=c1cccc[nH]1. The lowest BCUT2D eigenvalue weighted by Gasteiger charge is -1.76. The average Bonchev–Trinajstić information content (AvgIpc) is 1.91. The highest BCUT2D eigenvalue weighted by molar-refractivity contribution is 7.97. The van der Waals surface area contributed by atoms with Gasteiger partial charge in [-0.15, -0.1) is 0 Å². The Kier molecular flexibility index (Phi) is 6.64. The van der Waals surface area contributed by atoms with E-state index in [1.807, 2.05) is 36.9 Å². The molecule has 1 heterocycles. The largest absolute Gasteiger partial charge is 0.353 e. The van der Waals surface area contributed by atoms with Gasteiger partial charge in [0.05, 0.1) is 0 Å². The summed E-state index contributed by atoms with van der Waals surface area (Å²) in [5.41, 5.74) is 0. The molecule has 0 saturated heterocycles. The third-order valence-electron chi connectivity index (χ3n) is 0.681. The summed E-state index contributed by atoms with van der Waals surface area (Å²) < 4.78 is 0.780. The normalized spacial score (nSPS) is 7.80. The van der Waals surface area contributed by atoms with Crippen LogP contribution in [0.4, 0.5) is 0 Å². The molecule has 0 atom stereocenters. The van der Waals surface area contributed by atoms with Gasteiger partial charge in [-0.2, -0.15) is 11.8 Å². The molecular formula is C7H11NS2. The summed E-state index contributed by atoms with van der Waals surface area (Å²) in [5.74, 6) is 0. The van der Waals surface area contributed by atoms with Crippen LogP contribution in [0.2, 0.25) is 0 Å².